The fraction of sp³-hybridized carbons (Fsp3) is 0.174. The summed E-state index contributed by atoms with van der Waals surface area (Å²) in [6.07, 6.45) is 10.1. The molecule has 2 aliphatic carbocycles. The van der Waals surface area contributed by atoms with E-state index in [-0.39, 0.29) is 5.97 Å². The lowest BCUT2D eigenvalue weighted by atomic mass is 10.0. The summed E-state index contributed by atoms with van der Waals surface area (Å²) in [5.41, 5.74) is 5.55. The Morgan fingerprint density at radius 1 is 0.920 bits per heavy atom. The Morgan fingerprint density at radius 2 is 1.60 bits per heavy atom. The number of aryl methyl sites for hydroxylation is 1. The van der Waals surface area contributed by atoms with E-state index in [0.29, 0.717) is 17.2 Å². The minimum absolute atomic E-state index is 0.299. The molecule has 0 spiro atoms. The Labute approximate surface area is 148 Å². The summed E-state index contributed by atoms with van der Waals surface area (Å²) in [7, 11) is 0. The van der Waals surface area contributed by atoms with Gasteiger partial charge in [-0.15, -0.1) is 0 Å². The second-order valence-electron chi connectivity index (χ2n) is 6.51. The van der Waals surface area contributed by atoms with Gasteiger partial charge in [0.1, 0.15) is 5.75 Å². The van der Waals surface area contributed by atoms with Crippen LogP contribution in [0.2, 0.25) is 0 Å². The van der Waals surface area contributed by atoms with Gasteiger partial charge in [-0.25, -0.2) is 4.79 Å². The highest BCUT2D eigenvalue weighted by Gasteiger charge is 2.25. The topological polar surface area (TPSA) is 26.3 Å². The van der Waals surface area contributed by atoms with Gasteiger partial charge in [-0.2, -0.15) is 0 Å². The molecular weight excluding hydrogens is 308 g/mol. The largest absolute Gasteiger partial charge is 0.423 e. The van der Waals surface area contributed by atoms with Crippen LogP contribution >= 0.6 is 0 Å². The monoisotopic (exact) mass is 328 g/mol. The lowest BCUT2D eigenvalue weighted by Crippen LogP contribution is -2.11. The summed E-state index contributed by atoms with van der Waals surface area (Å²) in [5.74, 6) is 0.609. The highest BCUT2D eigenvalue weighted by Crippen LogP contribution is 2.36. The minimum Gasteiger partial charge on any atom is -0.423 e. The van der Waals surface area contributed by atoms with Gasteiger partial charge in [-0.05, 0) is 46.9 Å². The zero-order valence-electron chi connectivity index (χ0n) is 14.2. The van der Waals surface area contributed by atoms with Crippen LogP contribution in [0.5, 0.6) is 5.75 Å². The van der Waals surface area contributed by atoms with Crippen molar-refractivity contribution in [1.82, 2.24) is 0 Å². The third-order valence-electron chi connectivity index (χ3n) is 4.59. The second-order valence-corrected chi connectivity index (χ2v) is 6.51. The molecule has 2 heteroatoms. The minimum atomic E-state index is -0.299. The van der Waals surface area contributed by atoms with Gasteiger partial charge in [-0.1, -0.05) is 68.0 Å². The van der Waals surface area contributed by atoms with E-state index in [1.165, 1.54) is 16.7 Å². The Hall–Kier alpha value is -2.87. The summed E-state index contributed by atoms with van der Waals surface area (Å²) in [5, 5.41) is 0. The van der Waals surface area contributed by atoms with Crippen LogP contribution in [-0.4, -0.2) is 5.97 Å². The molecule has 0 bridgehead atoms. The Kier molecular flexibility index (Phi) is 4.10. The number of hydrogen-bond acceptors (Lipinski definition) is 2. The fourth-order valence-electron chi connectivity index (χ4n) is 3.08. The quantitative estimate of drug-likeness (QED) is 0.552. The van der Waals surface area contributed by atoms with E-state index in [1.54, 1.807) is 0 Å². The normalized spacial score (nSPS) is 17.4. The van der Waals surface area contributed by atoms with Crippen molar-refractivity contribution < 1.29 is 9.53 Å². The van der Waals surface area contributed by atoms with Gasteiger partial charge < -0.3 is 4.74 Å². The highest BCUT2D eigenvalue weighted by molar-refractivity contribution is 5.94. The first kappa shape index (κ1) is 15.6. The molecule has 0 amide bonds. The smallest absolute Gasteiger partial charge is 0.343 e. The van der Waals surface area contributed by atoms with E-state index in [1.807, 2.05) is 42.5 Å². The molecule has 0 N–H and O–H groups in total. The van der Waals surface area contributed by atoms with E-state index in [2.05, 4.69) is 37.3 Å². The second kappa shape index (κ2) is 6.56. The van der Waals surface area contributed by atoms with Crippen LogP contribution < -0.4 is 4.74 Å². The first-order valence-electron chi connectivity index (χ1n) is 8.76. The zero-order chi connectivity index (χ0) is 17.2. The predicted molar refractivity (Wildman–Crippen MR) is 100 cm³/mol. The van der Waals surface area contributed by atoms with Crippen LogP contribution in [0, 0.1) is 5.92 Å². The molecule has 1 unspecified atom stereocenters. The molecule has 2 aliphatic rings. The van der Waals surface area contributed by atoms with Gasteiger partial charge in [0.15, 0.2) is 0 Å². The SMILES string of the molecule is CCCc1ccc(-c2ccc(OC(=O)C3=CC4C=C4C=C3)cc2)cc1. The first-order valence-corrected chi connectivity index (χ1v) is 8.76. The predicted octanol–water partition coefficient (Wildman–Crippen LogP) is 5.26. The van der Waals surface area contributed by atoms with Crippen LogP contribution in [-0.2, 0) is 11.2 Å². The number of benzene rings is 2. The van der Waals surface area contributed by atoms with Gasteiger partial charge in [0.25, 0.3) is 0 Å². The summed E-state index contributed by atoms with van der Waals surface area (Å²) < 4.78 is 5.48. The number of ether oxygens (including phenoxy) is 1. The lowest BCUT2D eigenvalue weighted by molar-refractivity contribution is -0.129. The molecule has 0 aliphatic heterocycles. The number of fused-ring (bicyclic) bond motifs is 1. The Bertz CT molecular complexity index is 881. The highest BCUT2D eigenvalue weighted by atomic mass is 16.5. The summed E-state index contributed by atoms with van der Waals surface area (Å²) >= 11 is 0. The van der Waals surface area contributed by atoms with E-state index in [4.69, 9.17) is 4.74 Å². The van der Waals surface area contributed by atoms with Crippen molar-refractivity contribution in [2.24, 2.45) is 5.92 Å². The zero-order valence-corrected chi connectivity index (χ0v) is 14.2. The summed E-state index contributed by atoms with van der Waals surface area (Å²) in [6, 6.07) is 16.3. The number of allylic oxidation sites excluding steroid dienone is 4. The molecule has 0 saturated heterocycles. The van der Waals surface area contributed by atoms with Crippen LogP contribution in [0.4, 0.5) is 0 Å². The van der Waals surface area contributed by atoms with Crippen molar-refractivity contribution >= 4 is 5.97 Å². The van der Waals surface area contributed by atoms with Crippen molar-refractivity contribution in [1.29, 1.82) is 0 Å². The third-order valence-corrected chi connectivity index (χ3v) is 4.59. The van der Waals surface area contributed by atoms with Gasteiger partial charge in [0.05, 0.1) is 5.57 Å². The van der Waals surface area contributed by atoms with Gasteiger partial charge in [0, 0.05) is 5.92 Å². The maximum absolute atomic E-state index is 12.2. The van der Waals surface area contributed by atoms with Crippen molar-refractivity contribution in [3.8, 4) is 16.9 Å². The average Bonchev–Trinajstić information content (AvgIpc) is 3.42. The van der Waals surface area contributed by atoms with Crippen LogP contribution in [0.25, 0.3) is 11.1 Å². The molecule has 25 heavy (non-hydrogen) atoms. The molecule has 2 aromatic rings. The van der Waals surface area contributed by atoms with Crippen molar-refractivity contribution in [2.45, 2.75) is 19.8 Å². The number of rotatable bonds is 5. The number of esters is 1. The molecule has 0 fully saturated rings. The molecule has 4 rings (SSSR count). The molecule has 1 atom stereocenters. The van der Waals surface area contributed by atoms with E-state index < -0.39 is 0 Å². The van der Waals surface area contributed by atoms with Gasteiger partial charge in [0.2, 0.25) is 0 Å². The Morgan fingerprint density at radius 3 is 2.24 bits per heavy atom. The maximum Gasteiger partial charge on any atom is 0.343 e. The van der Waals surface area contributed by atoms with Gasteiger partial charge >= 0.3 is 5.97 Å². The van der Waals surface area contributed by atoms with E-state index >= 15 is 0 Å². The average molecular weight is 328 g/mol. The molecule has 0 heterocycles. The van der Waals surface area contributed by atoms with E-state index in [9.17, 15) is 4.79 Å². The first-order chi connectivity index (χ1) is 12.2. The van der Waals surface area contributed by atoms with Crippen LogP contribution in [0.1, 0.15) is 18.9 Å². The standard InChI is InChI=1S/C23H20O2/c1-2-3-16-4-6-17(7-5-16)18-10-12-22(13-11-18)25-23(24)20-9-8-19-14-21(19)15-20/h4-15,21H,2-3H2,1H3. The summed E-state index contributed by atoms with van der Waals surface area (Å²) in [4.78, 5) is 12.2. The van der Waals surface area contributed by atoms with Crippen molar-refractivity contribution in [3.63, 3.8) is 0 Å². The molecule has 0 saturated carbocycles. The molecule has 124 valence electrons. The number of carbonyl (C=O) groups excluding carboxylic acids is 1. The molecule has 2 nitrogen and oxygen atoms in total. The number of hydrogen-bond donors (Lipinski definition) is 0. The van der Waals surface area contributed by atoms with Crippen LogP contribution in [0.15, 0.2) is 84.0 Å². The Balaban J connectivity index is 1.43. The molecular formula is C23H20O2. The third kappa shape index (κ3) is 3.48. The summed E-state index contributed by atoms with van der Waals surface area (Å²) in [6.45, 7) is 2.19. The molecule has 0 aromatic heterocycles. The van der Waals surface area contributed by atoms with E-state index in [0.717, 1.165) is 18.4 Å². The maximum atomic E-state index is 12.2. The van der Waals surface area contributed by atoms with Crippen LogP contribution in [0.3, 0.4) is 0 Å². The van der Waals surface area contributed by atoms with Gasteiger partial charge in [-0.3, -0.25) is 0 Å². The molecule has 2 aromatic carbocycles. The fourth-order valence-corrected chi connectivity index (χ4v) is 3.08. The molecule has 0 radical (unpaired) electrons. The number of carbonyl (C=O) groups is 1. The van der Waals surface area contributed by atoms with Crippen molar-refractivity contribution in [3.05, 3.63) is 89.5 Å². The van der Waals surface area contributed by atoms with Crippen molar-refractivity contribution in [2.75, 3.05) is 0 Å². The lowest BCUT2D eigenvalue weighted by Gasteiger charge is -2.08.